The molecule has 6 rings (SSSR count). The molecule has 0 unspecified atom stereocenters. The lowest BCUT2D eigenvalue weighted by Gasteiger charge is -2.26. The number of nitrogen functional groups attached to an aromatic ring is 1. The fourth-order valence-electron chi connectivity index (χ4n) is 5.50. The minimum absolute atomic E-state index is 0.0208. The van der Waals surface area contributed by atoms with Gasteiger partial charge in [-0.05, 0) is 65.8 Å². The highest BCUT2D eigenvalue weighted by Gasteiger charge is 2.20. The molecule has 3 N–H and O–H groups in total. The summed E-state index contributed by atoms with van der Waals surface area (Å²) in [5, 5.41) is 3.08. The normalized spacial score (nSPS) is 13.1. The predicted molar refractivity (Wildman–Crippen MR) is 178 cm³/mol. The number of nitrogens with two attached hydrogens (primary N) is 1. The van der Waals surface area contributed by atoms with Gasteiger partial charge in [-0.15, -0.1) is 0 Å². The standard InChI is InChI=1S/C22H25FN6O2.C11H14FN5/c1-14(2)29-15(3)24-13-19(29)20-18(23)12-25-22(27-20)26-17-6-4-16(5-7-17)21(30)28-8-10-31-11-9-28;1-6(2)17-7(3)14-5-9(17)10-8(12)4-15-11(13)16-10/h4-7,12-14H,8-11H2,1-3H3,(H,25,26,27);4-6H,1-3H3,(H2,13,15,16). The first-order valence-electron chi connectivity index (χ1n) is 15.6. The molecule has 0 spiro atoms. The molecular weight excluding hydrogens is 620 g/mol. The fraction of sp³-hybridized carbons (Fsp3) is 0.364. The van der Waals surface area contributed by atoms with Crippen molar-refractivity contribution in [2.75, 3.05) is 37.4 Å². The van der Waals surface area contributed by atoms with E-state index in [4.69, 9.17) is 10.5 Å². The number of imidazole rings is 2. The molecule has 0 aliphatic carbocycles. The van der Waals surface area contributed by atoms with Crippen LogP contribution in [-0.4, -0.2) is 76.1 Å². The van der Waals surface area contributed by atoms with E-state index in [9.17, 15) is 13.6 Å². The van der Waals surface area contributed by atoms with Gasteiger partial charge in [-0.1, -0.05) is 0 Å². The summed E-state index contributed by atoms with van der Waals surface area (Å²) in [4.78, 5) is 38.8. The number of nitrogens with one attached hydrogen (secondary N) is 1. The van der Waals surface area contributed by atoms with Crippen molar-refractivity contribution in [3.05, 3.63) is 77.9 Å². The molecule has 0 radical (unpaired) electrons. The van der Waals surface area contributed by atoms with Crippen molar-refractivity contribution >= 4 is 23.5 Å². The van der Waals surface area contributed by atoms with Gasteiger partial charge in [0.2, 0.25) is 11.9 Å². The first-order chi connectivity index (χ1) is 22.9. The lowest BCUT2D eigenvalue weighted by molar-refractivity contribution is 0.0303. The molecule has 1 fully saturated rings. The molecule has 1 saturated heterocycles. The van der Waals surface area contributed by atoms with Gasteiger partial charge >= 0.3 is 0 Å². The van der Waals surface area contributed by atoms with E-state index in [0.29, 0.717) is 48.9 Å². The van der Waals surface area contributed by atoms with Crippen LogP contribution in [0.2, 0.25) is 0 Å². The van der Waals surface area contributed by atoms with E-state index in [1.165, 1.54) is 0 Å². The average molecular weight is 660 g/mol. The van der Waals surface area contributed by atoms with Crippen LogP contribution in [0.4, 0.5) is 26.4 Å². The third-order valence-electron chi connectivity index (χ3n) is 7.67. The summed E-state index contributed by atoms with van der Waals surface area (Å²) in [6.07, 6.45) is 5.44. The van der Waals surface area contributed by atoms with Crippen molar-refractivity contribution in [3.8, 4) is 22.8 Å². The molecule has 0 atom stereocenters. The Labute approximate surface area is 277 Å². The maximum Gasteiger partial charge on any atom is 0.254 e. The number of morpholine rings is 1. The molecule has 1 aromatic carbocycles. The molecule has 5 aromatic rings. The quantitative estimate of drug-likeness (QED) is 0.228. The topological polar surface area (TPSA) is 155 Å². The molecule has 4 aromatic heterocycles. The summed E-state index contributed by atoms with van der Waals surface area (Å²) in [5.74, 6) is 0.880. The van der Waals surface area contributed by atoms with Crippen LogP contribution < -0.4 is 11.1 Å². The van der Waals surface area contributed by atoms with Crippen LogP contribution in [0.15, 0.2) is 49.1 Å². The Morgan fingerprint density at radius 2 is 1.31 bits per heavy atom. The lowest BCUT2D eigenvalue weighted by atomic mass is 10.1. The van der Waals surface area contributed by atoms with Crippen LogP contribution in [0, 0.1) is 25.5 Å². The summed E-state index contributed by atoms with van der Waals surface area (Å²) < 4.78 is 37.3. The smallest absolute Gasteiger partial charge is 0.254 e. The number of benzene rings is 1. The van der Waals surface area contributed by atoms with Crippen LogP contribution in [0.3, 0.4) is 0 Å². The molecule has 0 bridgehead atoms. The molecule has 48 heavy (non-hydrogen) atoms. The Morgan fingerprint density at radius 3 is 1.85 bits per heavy atom. The van der Waals surface area contributed by atoms with Gasteiger partial charge in [-0.3, -0.25) is 4.79 Å². The number of nitrogens with zero attached hydrogens (tertiary/aromatic N) is 9. The molecule has 5 heterocycles. The van der Waals surface area contributed by atoms with E-state index in [-0.39, 0.29) is 41.3 Å². The summed E-state index contributed by atoms with van der Waals surface area (Å²) in [5.41, 5.74) is 8.37. The number of aromatic nitrogens is 8. The van der Waals surface area contributed by atoms with Crippen LogP contribution in [0.1, 0.15) is 61.8 Å². The number of hydrogen-bond acceptors (Lipinski definition) is 10. The number of hydrogen-bond donors (Lipinski definition) is 2. The van der Waals surface area contributed by atoms with E-state index < -0.39 is 11.6 Å². The number of ether oxygens (including phenoxy) is 1. The Bertz CT molecular complexity index is 1880. The minimum atomic E-state index is -0.515. The van der Waals surface area contributed by atoms with Gasteiger partial charge in [0.15, 0.2) is 11.6 Å². The first-order valence-corrected chi connectivity index (χ1v) is 15.6. The maximum absolute atomic E-state index is 14.5. The van der Waals surface area contributed by atoms with Gasteiger partial charge in [0.1, 0.15) is 23.0 Å². The van der Waals surface area contributed by atoms with Gasteiger partial charge in [0, 0.05) is 36.4 Å². The van der Waals surface area contributed by atoms with Crippen LogP contribution in [0.5, 0.6) is 0 Å². The van der Waals surface area contributed by atoms with Gasteiger partial charge in [-0.2, -0.15) is 0 Å². The van der Waals surface area contributed by atoms with Crippen molar-refractivity contribution in [3.63, 3.8) is 0 Å². The zero-order chi connectivity index (χ0) is 34.5. The Balaban J connectivity index is 0.000000224. The van der Waals surface area contributed by atoms with E-state index in [1.54, 1.807) is 41.6 Å². The van der Waals surface area contributed by atoms with E-state index in [0.717, 1.165) is 24.0 Å². The molecule has 15 heteroatoms. The number of carbonyl (C=O) groups excluding carboxylic acids is 1. The number of halogens is 2. The molecule has 13 nitrogen and oxygen atoms in total. The van der Waals surface area contributed by atoms with Crippen molar-refractivity contribution in [2.45, 2.75) is 53.6 Å². The zero-order valence-electron chi connectivity index (χ0n) is 27.8. The number of aryl methyl sites for hydroxylation is 2. The first kappa shape index (κ1) is 34.0. The summed E-state index contributed by atoms with van der Waals surface area (Å²) >= 11 is 0. The fourth-order valence-corrected chi connectivity index (χ4v) is 5.50. The second-order valence-electron chi connectivity index (χ2n) is 11.7. The minimum Gasteiger partial charge on any atom is -0.378 e. The lowest BCUT2D eigenvalue weighted by Crippen LogP contribution is -2.40. The SMILES string of the molecule is Cc1ncc(-c2nc(N)ncc2F)n1C(C)C.Cc1ncc(-c2nc(Nc3ccc(C(=O)N4CCOCC4)cc3)ncc2F)n1C(C)C. The largest absolute Gasteiger partial charge is 0.378 e. The van der Waals surface area contributed by atoms with E-state index in [2.05, 4.69) is 35.2 Å². The summed E-state index contributed by atoms with van der Waals surface area (Å²) in [6, 6.07) is 7.34. The van der Waals surface area contributed by atoms with Crippen LogP contribution >= 0.6 is 0 Å². The number of anilines is 3. The monoisotopic (exact) mass is 659 g/mol. The zero-order valence-corrected chi connectivity index (χ0v) is 27.8. The molecule has 1 aliphatic heterocycles. The summed E-state index contributed by atoms with van der Waals surface area (Å²) in [6.45, 7) is 14.1. The number of carbonyl (C=O) groups is 1. The number of rotatable bonds is 7. The molecule has 1 aliphatic rings. The van der Waals surface area contributed by atoms with Crippen LogP contribution in [-0.2, 0) is 4.74 Å². The molecule has 1 amide bonds. The van der Waals surface area contributed by atoms with Crippen molar-refractivity contribution < 1.29 is 18.3 Å². The third-order valence-corrected chi connectivity index (χ3v) is 7.67. The predicted octanol–water partition coefficient (Wildman–Crippen LogP) is 5.54. The Kier molecular flexibility index (Phi) is 10.4. The van der Waals surface area contributed by atoms with Gasteiger partial charge in [0.25, 0.3) is 5.91 Å². The van der Waals surface area contributed by atoms with Crippen molar-refractivity contribution in [1.82, 2.24) is 43.9 Å². The second-order valence-corrected chi connectivity index (χ2v) is 11.7. The third kappa shape index (κ3) is 7.46. The number of amides is 1. The van der Waals surface area contributed by atoms with Crippen molar-refractivity contribution in [2.24, 2.45) is 0 Å². The maximum atomic E-state index is 14.5. The van der Waals surface area contributed by atoms with E-state index in [1.807, 2.05) is 50.7 Å². The van der Waals surface area contributed by atoms with Gasteiger partial charge < -0.3 is 29.8 Å². The Hall–Kier alpha value is -5.31. The highest BCUT2D eigenvalue weighted by atomic mass is 19.1. The van der Waals surface area contributed by atoms with Gasteiger partial charge in [0.05, 0.1) is 49.4 Å². The average Bonchev–Trinajstić information content (AvgIpc) is 3.66. The van der Waals surface area contributed by atoms with E-state index >= 15 is 0 Å². The highest BCUT2D eigenvalue weighted by Crippen LogP contribution is 2.27. The highest BCUT2D eigenvalue weighted by molar-refractivity contribution is 5.94. The molecule has 252 valence electrons. The van der Waals surface area contributed by atoms with Gasteiger partial charge in [-0.25, -0.2) is 38.7 Å². The van der Waals surface area contributed by atoms with Crippen molar-refractivity contribution in [1.29, 1.82) is 0 Å². The molecular formula is C33H39F2N11O2. The Morgan fingerprint density at radius 1 is 0.792 bits per heavy atom. The summed E-state index contributed by atoms with van der Waals surface area (Å²) in [7, 11) is 0. The molecule has 0 saturated carbocycles. The second kappa shape index (κ2) is 14.6. The van der Waals surface area contributed by atoms with Crippen LogP contribution in [0.25, 0.3) is 22.8 Å².